The van der Waals surface area contributed by atoms with Crippen molar-refractivity contribution in [2.45, 2.75) is 38.6 Å². The number of nitrogens with zero attached hydrogens (tertiary/aromatic N) is 2. The van der Waals surface area contributed by atoms with Crippen LogP contribution >= 0.6 is 0 Å². The number of carbonyl (C=O) groups excluding carboxylic acids is 1. The van der Waals surface area contributed by atoms with Crippen LogP contribution in [0, 0.1) is 12.8 Å². The fraction of sp³-hybridized carbons (Fsp3) is 0.389. The van der Waals surface area contributed by atoms with E-state index in [1.807, 2.05) is 19.1 Å². The minimum atomic E-state index is 0.00166. The van der Waals surface area contributed by atoms with E-state index in [4.69, 9.17) is 10.5 Å². The number of nitrogens with two attached hydrogens (primary N) is 1. The highest BCUT2D eigenvalue weighted by molar-refractivity contribution is 5.93. The Hall–Kier alpha value is -2.47. The molecular formula is C18H22N4O2. The number of carbonyl (C=O) groups is 1. The molecule has 1 aliphatic carbocycles. The van der Waals surface area contributed by atoms with Crippen LogP contribution in [0.4, 0.5) is 5.69 Å². The Kier molecular flexibility index (Phi) is 5.05. The van der Waals surface area contributed by atoms with Crippen molar-refractivity contribution in [3.05, 3.63) is 42.2 Å². The van der Waals surface area contributed by atoms with Crippen LogP contribution in [0.2, 0.25) is 0 Å². The van der Waals surface area contributed by atoms with E-state index < -0.39 is 0 Å². The van der Waals surface area contributed by atoms with Gasteiger partial charge in [0.2, 0.25) is 5.91 Å². The molecule has 1 aromatic carbocycles. The van der Waals surface area contributed by atoms with E-state index in [1.54, 1.807) is 24.5 Å². The summed E-state index contributed by atoms with van der Waals surface area (Å²) in [5.41, 5.74) is 7.69. The number of amides is 1. The molecule has 6 nitrogen and oxygen atoms in total. The van der Waals surface area contributed by atoms with Gasteiger partial charge in [0.05, 0.1) is 0 Å². The second-order valence-corrected chi connectivity index (χ2v) is 6.22. The molecule has 6 heteroatoms. The molecule has 1 aliphatic rings. The summed E-state index contributed by atoms with van der Waals surface area (Å²) in [6.07, 6.45) is 6.94. The highest BCUT2D eigenvalue weighted by atomic mass is 16.5. The summed E-state index contributed by atoms with van der Waals surface area (Å²) in [6.45, 7) is 1.93. The summed E-state index contributed by atoms with van der Waals surface area (Å²) >= 11 is 0. The van der Waals surface area contributed by atoms with Crippen LogP contribution < -0.4 is 15.8 Å². The zero-order chi connectivity index (χ0) is 16.9. The third kappa shape index (κ3) is 4.08. The minimum absolute atomic E-state index is 0.00166. The van der Waals surface area contributed by atoms with Crippen molar-refractivity contribution >= 4 is 11.6 Å². The van der Waals surface area contributed by atoms with Crippen LogP contribution in [0.15, 0.2) is 36.7 Å². The molecule has 1 aromatic heterocycles. The molecule has 1 heterocycles. The Morgan fingerprint density at radius 3 is 2.79 bits per heavy atom. The van der Waals surface area contributed by atoms with E-state index >= 15 is 0 Å². The lowest BCUT2D eigenvalue weighted by Gasteiger charge is -2.26. The molecule has 0 saturated heterocycles. The molecule has 2 aromatic rings. The van der Waals surface area contributed by atoms with Gasteiger partial charge in [-0.25, -0.2) is 9.97 Å². The Morgan fingerprint density at radius 1 is 1.29 bits per heavy atom. The van der Waals surface area contributed by atoms with Gasteiger partial charge in [-0.2, -0.15) is 0 Å². The first-order valence-corrected chi connectivity index (χ1v) is 8.24. The average molecular weight is 326 g/mol. The van der Waals surface area contributed by atoms with Gasteiger partial charge in [-0.3, -0.25) is 4.79 Å². The predicted molar refractivity (Wildman–Crippen MR) is 91.8 cm³/mol. The molecule has 3 rings (SSSR count). The van der Waals surface area contributed by atoms with Crippen molar-refractivity contribution in [3.63, 3.8) is 0 Å². The monoisotopic (exact) mass is 326 g/mol. The van der Waals surface area contributed by atoms with E-state index in [0.717, 1.165) is 36.9 Å². The van der Waals surface area contributed by atoms with Crippen LogP contribution in [0.1, 0.15) is 31.2 Å². The van der Waals surface area contributed by atoms with Gasteiger partial charge < -0.3 is 15.8 Å². The Labute approximate surface area is 141 Å². The molecule has 0 radical (unpaired) electrons. The molecule has 0 bridgehead atoms. The third-order valence-corrected chi connectivity index (χ3v) is 4.29. The summed E-state index contributed by atoms with van der Waals surface area (Å²) in [6, 6.07) is 7.66. The normalized spacial score (nSPS) is 20.4. The van der Waals surface area contributed by atoms with Gasteiger partial charge in [-0.1, -0.05) is 6.42 Å². The molecule has 2 unspecified atom stereocenters. The molecular weight excluding hydrogens is 304 g/mol. The first kappa shape index (κ1) is 16.4. The van der Waals surface area contributed by atoms with E-state index in [2.05, 4.69) is 15.3 Å². The van der Waals surface area contributed by atoms with Crippen molar-refractivity contribution < 1.29 is 9.53 Å². The van der Waals surface area contributed by atoms with Gasteiger partial charge in [0.25, 0.3) is 0 Å². The second-order valence-electron chi connectivity index (χ2n) is 6.22. The summed E-state index contributed by atoms with van der Waals surface area (Å²) < 4.78 is 5.60. The minimum Gasteiger partial charge on any atom is -0.424 e. The van der Waals surface area contributed by atoms with Crippen molar-refractivity contribution in [3.8, 4) is 11.8 Å². The maximum atomic E-state index is 12.4. The molecule has 126 valence electrons. The van der Waals surface area contributed by atoms with Gasteiger partial charge in [0, 0.05) is 30.0 Å². The van der Waals surface area contributed by atoms with Crippen LogP contribution in [-0.2, 0) is 4.79 Å². The number of nitrogens with one attached hydrogen (secondary N) is 1. The topological polar surface area (TPSA) is 90.1 Å². The number of rotatable bonds is 4. The molecule has 1 saturated carbocycles. The molecule has 24 heavy (non-hydrogen) atoms. The van der Waals surface area contributed by atoms with E-state index in [0.29, 0.717) is 11.8 Å². The smallest absolute Gasteiger partial charge is 0.321 e. The van der Waals surface area contributed by atoms with Gasteiger partial charge in [-0.05, 0) is 56.0 Å². The first-order chi connectivity index (χ1) is 11.6. The number of anilines is 1. The predicted octanol–water partition coefficient (Wildman–Crippen LogP) is 3.03. The maximum Gasteiger partial charge on any atom is 0.321 e. The summed E-state index contributed by atoms with van der Waals surface area (Å²) in [5, 5.41) is 3.01. The van der Waals surface area contributed by atoms with Crippen LogP contribution in [0.5, 0.6) is 11.8 Å². The zero-order valence-electron chi connectivity index (χ0n) is 13.7. The quantitative estimate of drug-likeness (QED) is 0.901. The Bertz CT molecular complexity index is 705. The number of hydrogen-bond acceptors (Lipinski definition) is 5. The molecule has 0 aliphatic heterocycles. The fourth-order valence-electron chi connectivity index (χ4n) is 2.98. The highest BCUT2D eigenvalue weighted by Crippen LogP contribution is 2.27. The van der Waals surface area contributed by atoms with Gasteiger partial charge >= 0.3 is 6.01 Å². The van der Waals surface area contributed by atoms with Gasteiger partial charge in [0.15, 0.2) is 0 Å². The number of ether oxygens (including phenoxy) is 1. The standard InChI is InChI=1S/C18H22N4O2/c1-12-10-15(24-18-20-8-3-9-21-18)6-7-16(12)22-17(23)13-4-2-5-14(19)11-13/h3,6-10,13-14H,2,4-5,11,19H2,1H3,(H,22,23). The SMILES string of the molecule is Cc1cc(Oc2ncccn2)ccc1NC(=O)C1CCCC(N)C1. The number of benzene rings is 1. The number of hydrogen-bond donors (Lipinski definition) is 2. The molecule has 3 N–H and O–H groups in total. The number of aromatic nitrogens is 2. The van der Waals surface area contributed by atoms with E-state index in [9.17, 15) is 4.79 Å². The van der Waals surface area contributed by atoms with Crippen LogP contribution in [-0.4, -0.2) is 21.9 Å². The van der Waals surface area contributed by atoms with Gasteiger partial charge in [-0.15, -0.1) is 0 Å². The molecule has 1 amide bonds. The average Bonchev–Trinajstić information content (AvgIpc) is 2.58. The van der Waals surface area contributed by atoms with E-state index in [-0.39, 0.29) is 17.9 Å². The first-order valence-electron chi connectivity index (χ1n) is 8.24. The second kappa shape index (κ2) is 7.40. The van der Waals surface area contributed by atoms with Crippen molar-refractivity contribution in [2.75, 3.05) is 5.32 Å². The Balaban J connectivity index is 1.65. The lowest BCUT2D eigenvalue weighted by atomic mass is 9.85. The largest absolute Gasteiger partial charge is 0.424 e. The number of aryl methyl sites for hydroxylation is 1. The zero-order valence-corrected chi connectivity index (χ0v) is 13.7. The van der Waals surface area contributed by atoms with Crippen molar-refractivity contribution in [1.82, 2.24) is 9.97 Å². The maximum absolute atomic E-state index is 12.4. The van der Waals surface area contributed by atoms with E-state index in [1.165, 1.54) is 0 Å². The van der Waals surface area contributed by atoms with Gasteiger partial charge in [0.1, 0.15) is 5.75 Å². The molecule has 0 spiro atoms. The van der Waals surface area contributed by atoms with Crippen molar-refractivity contribution in [1.29, 1.82) is 0 Å². The highest BCUT2D eigenvalue weighted by Gasteiger charge is 2.25. The van der Waals surface area contributed by atoms with Crippen LogP contribution in [0.3, 0.4) is 0 Å². The summed E-state index contributed by atoms with van der Waals surface area (Å²) in [7, 11) is 0. The summed E-state index contributed by atoms with van der Waals surface area (Å²) in [5.74, 6) is 0.687. The molecule has 1 fully saturated rings. The Morgan fingerprint density at radius 2 is 2.08 bits per heavy atom. The van der Waals surface area contributed by atoms with Crippen molar-refractivity contribution in [2.24, 2.45) is 11.7 Å². The third-order valence-electron chi connectivity index (χ3n) is 4.29. The lowest BCUT2D eigenvalue weighted by Crippen LogP contribution is -2.34. The summed E-state index contributed by atoms with van der Waals surface area (Å²) in [4.78, 5) is 20.5. The fourth-order valence-corrected chi connectivity index (χ4v) is 2.98. The van der Waals surface area contributed by atoms with Crippen LogP contribution in [0.25, 0.3) is 0 Å². The molecule has 2 atom stereocenters. The lowest BCUT2D eigenvalue weighted by molar-refractivity contribution is -0.120.